The molecule has 2 rings (SSSR count). The van der Waals surface area contributed by atoms with Gasteiger partial charge in [-0.3, -0.25) is 4.79 Å². The Morgan fingerprint density at radius 3 is 2.24 bits per heavy atom. The molecule has 0 amide bonds. The molecule has 0 aliphatic rings. The third-order valence-electron chi connectivity index (χ3n) is 2.58. The van der Waals surface area contributed by atoms with Crippen LogP contribution in [0.1, 0.15) is 17.3 Å². The van der Waals surface area contributed by atoms with E-state index >= 15 is 0 Å². The summed E-state index contributed by atoms with van der Waals surface area (Å²) in [5.41, 5.74) is 1.42. The third kappa shape index (κ3) is 2.13. The Hall–Kier alpha value is -2.29. The van der Waals surface area contributed by atoms with Crippen molar-refractivity contribution >= 4 is 5.78 Å². The van der Waals surface area contributed by atoms with Gasteiger partial charge in [-0.15, -0.1) is 0 Å². The van der Waals surface area contributed by atoms with Crippen LogP contribution in [0.4, 0.5) is 0 Å². The van der Waals surface area contributed by atoms with E-state index < -0.39 is 0 Å². The van der Waals surface area contributed by atoms with Gasteiger partial charge in [0, 0.05) is 5.56 Å². The van der Waals surface area contributed by atoms with Crippen molar-refractivity contribution in [1.29, 1.82) is 0 Å². The largest absolute Gasteiger partial charge is 0.507 e. The normalized spacial score (nSPS) is 10.2. The summed E-state index contributed by atoms with van der Waals surface area (Å²) in [4.78, 5) is 11.2. The summed E-state index contributed by atoms with van der Waals surface area (Å²) >= 11 is 0. The lowest BCUT2D eigenvalue weighted by Crippen LogP contribution is -1.93. The number of Topliss-reactive ketones (excluding diaryl/α,β-unsaturated/α-hetero) is 1. The fourth-order valence-electron chi connectivity index (χ4n) is 1.71. The lowest BCUT2D eigenvalue weighted by atomic mass is 10.0. The molecule has 0 aromatic heterocycles. The third-order valence-corrected chi connectivity index (χ3v) is 2.58. The molecule has 17 heavy (non-hydrogen) atoms. The highest BCUT2D eigenvalue weighted by Crippen LogP contribution is 2.34. The average Bonchev–Trinajstić information content (AvgIpc) is 2.32. The topological polar surface area (TPSA) is 57.5 Å². The van der Waals surface area contributed by atoms with E-state index in [1.165, 1.54) is 19.1 Å². The summed E-state index contributed by atoms with van der Waals surface area (Å²) in [5, 5.41) is 19.6. The molecule has 0 saturated heterocycles. The number of ketones is 1. The standard InChI is InChI=1S/C14H12O3/c1-9(15)11-7-14(17)12(8-13(11)16)10-5-3-2-4-6-10/h2-8,16-17H,1H3. The molecule has 0 aliphatic heterocycles. The number of hydrogen-bond donors (Lipinski definition) is 2. The van der Waals surface area contributed by atoms with Crippen molar-refractivity contribution in [3.63, 3.8) is 0 Å². The molecule has 0 aliphatic carbocycles. The van der Waals surface area contributed by atoms with Crippen LogP contribution in [0.25, 0.3) is 11.1 Å². The molecular formula is C14H12O3. The summed E-state index contributed by atoms with van der Waals surface area (Å²) in [6.07, 6.45) is 0. The highest BCUT2D eigenvalue weighted by atomic mass is 16.3. The van der Waals surface area contributed by atoms with E-state index in [-0.39, 0.29) is 22.8 Å². The van der Waals surface area contributed by atoms with E-state index in [4.69, 9.17) is 0 Å². The molecule has 0 radical (unpaired) electrons. The zero-order valence-corrected chi connectivity index (χ0v) is 9.34. The second kappa shape index (κ2) is 4.29. The lowest BCUT2D eigenvalue weighted by Gasteiger charge is -2.08. The molecule has 0 fully saturated rings. The number of carbonyl (C=O) groups is 1. The Bertz CT molecular complexity index is 559. The Morgan fingerprint density at radius 1 is 1.00 bits per heavy atom. The van der Waals surface area contributed by atoms with Gasteiger partial charge in [0.25, 0.3) is 0 Å². The van der Waals surface area contributed by atoms with E-state index in [0.29, 0.717) is 5.56 Å². The Labute approximate surface area is 99.0 Å². The lowest BCUT2D eigenvalue weighted by molar-refractivity contribution is 0.101. The number of aromatic hydroxyl groups is 2. The van der Waals surface area contributed by atoms with Crippen LogP contribution in [0, 0.1) is 0 Å². The molecule has 0 bridgehead atoms. The molecular weight excluding hydrogens is 216 g/mol. The van der Waals surface area contributed by atoms with Crippen molar-refractivity contribution in [2.45, 2.75) is 6.92 Å². The zero-order chi connectivity index (χ0) is 12.4. The van der Waals surface area contributed by atoms with Gasteiger partial charge in [-0.1, -0.05) is 30.3 Å². The molecule has 2 aromatic rings. The fraction of sp³-hybridized carbons (Fsp3) is 0.0714. The number of benzene rings is 2. The van der Waals surface area contributed by atoms with Crippen LogP contribution in [0.2, 0.25) is 0 Å². The first-order valence-electron chi connectivity index (χ1n) is 5.22. The van der Waals surface area contributed by atoms with Crippen LogP contribution in [0.3, 0.4) is 0 Å². The Kier molecular flexibility index (Phi) is 2.83. The van der Waals surface area contributed by atoms with Gasteiger partial charge in [-0.25, -0.2) is 0 Å². The van der Waals surface area contributed by atoms with E-state index in [9.17, 15) is 15.0 Å². The maximum atomic E-state index is 11.2. The molecule has 2 N–H and O–H groups in total. The molecule has 86 valence electrons. The quantitative estimate of drug-likeness (QED) is 0.613. The summed E-state index contributed by atoms with van der Waals surface area (Å²) in [6.45, 7) is 1.34. The van der Waals surface area contributed by atoms with Crippen molar-refractivity contribution in [2.75, 3.05) is 0 Å². The zero-order valence-electron chi connectivity index (χ0n) is 9.34. The first-order chi connectivity index (χ1) is 8.09. The predicted molar refractivity (Wildman–Crippen MR) is 65.2 cm³/mol. The molecule has 0 heterocycles. The minimum Gasteiger partial charge on any atom is -0.507 e. The molecule has 2 aromatic carbocycles. The van der Waals surface area contributed by atoms with Crippen LogP contribution in [0.15, 0.2) is 42.5 Å². The Morgan fingerprint density at radius 2 is 1.65 bits per heavy atom. The van der Waals surface area contributed by atoms with E-state index in [2.05, 4.69) is 0 Å². The van der Waals surface area contributed by atoms with Gasteiger partial charge in [0.1, 0.15) is 11.5 Å². The maximum absolute atomic E-state index is 11.2. The van der Waals surface area contributed by atoms with Gasteiger partial charge in [0.05, 0.1) is 5.56 Å². The smallest absolute Gasteiger partial charge is 0.163 e. The van der Waals surface area contributed by atoms with Crippen molar-refractivity contribution in [1.82, 2.24) is 0 Å². The minimum absolute atomic E-state index is 0.0146. The molecule has 3 nitrogen and oxygen atoms in total. The number of phenolic OH excluding ortho intramolecular Hbond substituents is 2. The summed E-state index contributed by atoms with van der Waals surface area (Å²) < 4.78 is 0. The van der Waals surface area contributed by atoms with Crippen molar-refractivity contribution < 1.29 is 15.0 Å². The predicted octanol–water partition coefficient (Wildman–Crippen LogP) is 2.97. The van der Waals surface area contributed by atoms with Gasteiger partial charge in [-0.05, 0) is 24.6 Å². The van der Waals surface area contributed by atoms with Crippen LogP contribution in [-0.4, -0.2) is 16.0 Å². The van der Waals surface area contributed by atoms with E-state index in [1.807, 2.05) is 30.3 Å². The number of carbonyl (C=O) groups excluding carboxylic acids is 1. The minimum atomic E-state index is -0.280. The monoisotopic (exact) mass is 228 g/mol. The van der Waals surface area contributed by atoms with Crippen LogP contribution < -0.4 is 0 Å². The molecule has 0 atom stereocenters. The van der Waals surface area contributed by atoms with E-state index in [1.54, 1.807) is 0 Å². The number of phenols is 2. The van der Waals surface area contributed by atoms with Crippen LogP contribution >= 0.6 is 0 Å². The Balaban J connectivity index is 2.58. The average molecular weight is 228 g/mol. The summed E-state index contributed by atoms with van der Waals surface area (Å²) in [5.74, 6) is -0.411. The van der Waals surface area contributed by atoms with Crippen LogP contribution in [-0.2, 0) is 0 Å². The number of hydrogen-bond acceptors (Lipinski definition) is 3. The SMILES string of the molecule is CC(=O)c1cc(O)c(-c2ccccc2)cc1O. The second-order valence-corrected chi connectivity index (χ2v) is 3.81. The fourth-order valence-corrected chi connectivity index (χ4v) is 1.71. The summed E-state index contributed by atoms with van der Waals surface area (Å²) in [6, 6.07) is 11.9. The van der Waals surface area contributed by atoms with E-state index in [0.717, 1.165) is 5.56 Å². The van der Waals surface area contributed by atoms with Gasteiger partial charge in [0.2, 0.25) is 0 Å². The first-order valence-corrected chi connectivity index (χ1v) is 5.22. The summed E-state index contributed by atoms with van der Waals surface area (Å²) in [7, 11) is 0. The van der Waals surface area contributed by atoms with Gasteiger partial charge < -0.3 is 10.2 Å². The van der Waals surface area contributed by atoms with Gasteiger partial charge >= 0.3 is 0 Å². The maximum Gasteiger partial charge on any atom is 0.163 e. The molecule has 0 saturated carbocycles. The van der Waals surface area contributed by atoms with Crippen molar-refractivity contribution in [2.24, 2.45) is 0 Å². The second-order valence-electron chi connectivity index (χ2n) is 3.81. The highest BCUT2D eigenvalue weighted by molar-refractivity contribution is 5.98. The molecule has 3 heteroatoms. The molecule has 0 unspecified atom stereocenters. The van der Waals surface area contributed by atoms with Gasteiger partial charge in [-0.2, -0.15) is 0 Å². The van der Waals surface area contributed by atoms with Crippen molar-refractivity contribution in [3.05, 3.63) is 48.0 Å². The van der Waals surface area contributed by atoms with Gasteiger partial charge in [0.15, 0.2) is 5.78 Å². The number of rotatable bonds is 2. The molecule has 0 spiro atoms. The first kappa shape index (κ1) is 11.2. The van der Waals surface area contributed by atoms with Crippen molar-refractivity contribution in [3.8, 4) is 22.6 Å². The van der Waals surface area contributed by atoms with Crippen LogP contribution in [0.5, 0.6) is 11.5 Å². The highest BCUT2D eigenvalue weighted by Gasteiger charge is 2.12.